The summed E-state index contributed by atoms with van der Waals surface area (Å²) in [4.78, 5) is 11.1. The maximum atomic E-state index is 11.1. The Hall–Kier alpha value is -1.91. The number of carbonyl (C=O) groups is 1. The smallest absolute Gasteiger partial charge is 0.319 e. The number of fused-ring (bicyclic) bond motifs is 3. The van der Waals surface area contributed by atoms with Crippen molar-refractivity contribution in [2.24, 2.45) is 0 Å². The zero-order valence-corrected chi connectivity index (χ0v) is 7.29. The van der Waals surface area contributed by atoms with Crippen molar-refractivity contribution in [2.75, 3.05) is 12.1 Å². The molecule has 1 aromatic carbocycles. The van der Waals surface area contributed by atoms with Crippen molar-refractivity contribution < 1.29 is 14.3 Å². The summed E-state index contributed by atoms with van der Waals surface area (Å²) in [5.41, 5.74) is 1.73. The lowest BCUT2D eigenvalue weighted by Gasteiger charge is -2.19. The van der Waals surface area contributed by atoms with Crippen molar-refractivity contribution in [2.45, 2.75) is 6.54 Å². The molecule has 0 unspecified atom stereocenters. The zero-order chi connectivity index (χ0) is 9.54. The van der Waals surface area contributed by atoms with Crippen LogP contribution in [0.5, 0.6) is 11.5 Å². The summed E-state index contributed by atoms with van der Waals surface area (Å²) < 4.78 is 10.5. The normalized spacial score (nSPS) is 17.0. The molecule has 0 atom stereocenters. The molecular formula is C9H8N2O3. The van der Waals surface area contributed by atoms with Gasteiger partial charge < -0.3 is 20.1 Å². The Morgan fingerprint density at radius 3 is 3.14 bits per heavy atom. The Bertz CT molecular complexity index is 417. The fourth-order valence-corrected chi connectivity index (χ4v) is 1.63. The van der Waals surface area contributed by atoms with E-state index >= 15 is 0 Å². The van der Waals surface area contributed by atoms with Gasteiger partial charge in [-0.2, -0.15) is 0 Å². The summed E-state index contributed by atoms with van der Waals surface area (Å²) in [6, 6.07) is 3.55. The van der Waals surface area contributed by atoms with Gasteiger partial charge in [0, 0.05) is 6.54 Å². The van der Waals surface area contributed by atoms with E-state index in [1.807, 2.05) is 12.1 Å². The van der Waals surface area contributed by atoms with Gasteiger partial charge in [-0.05, 0) is 11.6 Å². The molecule has 0 fully saturated rings. The molecule has 0 aliphatic carbocycles. The monoisotopic (exact) mass is 192 g/mol. The van der Waals surface area contributed by atoms with E-state index in [9.17, 15) is 4.79 Å². The van der Waals surface area contributed by atoms with Crippen molar-refractivity contribution in [3.63, 3.8) is 0 Å². The largest absolute Gasteiger partial charge is 0.454 e. The third kappa shape index (κ3) is 0.921. The van der Waals surface area contributed by atoms with E-state index in [0.717, 1.165) is 11.3 Å². The first-order valence-electron chi connectivity index (χ1n) is 4.31. The molecule has 0 spiro atoms. The van der Waals surface area contributed by atoms with Crippen LogP contribution in [0.1, 0.15) is 5.56 Å². The number of urea groups is 1. The van der Waals surface area contributed by atoms with Crippen LogP contribution < -0.4 is 20.1 Å². The molecule has 0 radical (unpaired) electrons. The highest BCUT2D eigenvalue weighted by Gasteiger charge is 2.24. The number of hydrogen-bond acceptors (Lipinski definition) is 3. The molecule has 2 aliphatic rings. The SMILES string of the molecule is O=C1NCc2ccc3c(c2N1)OCO3. The van der Waals surface area contributed by atoms with E-state index in [1.165, 1.54) is 0 Å². The third-order valence-electron chi connectivity index (χ3n) is 2.30. The van der Waals surface area contributed by atoms with Crippen molar-refractivity contribution in [1.82, 2.24) is 5.32 Å². The highest BCUT2D eigenvalue weighted by molar-refractivity contribution is 5.95. The molecule has 72 valence electrons. The van der Waals surface area contributed by atoms with E-state index in [4.69, 9.17) is 9.47 Å². The molecule has 0 bridgehead atoms. The van der Waals surface area contributed by atoms with Crippen LogP contribution in [0.4, 0.5) is 10.5 Å². The molecule has 1 aromatic rings. The van der Waals surface area contributed by atoms with E-state index in [-0.39, 0.29) is 12.8 Å². The molecule has 2 N–H and O–H groups in total. The molecule has 0 saturated carbocycles. The summed E-state index contributed by atoms with van der Waals surface area (Å²) in [5.74, 6) is 1.32. The number of hydrogen-bond donors (Lipinski definition) is 2. The van der Waals surface area contributed by atoms with Crippen molar-refractivity contribution in [3.05, 3.63) is 17.7 Å². The Morgan fingerprint density at radius 1 is 1.29 bits per heavy atom. The molecule has 0 aromatic heterocycles. The summed E-state index contributed by atoms with van der Waals surface area (Å²) in [7, 11) is 0. The standard InChI is InChI=1S/C9H8N2O3/c12-9-10-3-5-1-2-6-8(7(5)11-9)14-4-13-6/h1-2H,3-4H2,(H2,10,11,12). The molecular weight excluding hydrogens is 184 g/mol. The minimum atomic E-state index is -0.207. The van der Waals surface area contributed by atoms with Crippen LogP contribution in [-0.2, 0) is 6.54 Å². The minimum Gasteiger partial charge on any atom is -0.454 e. The van der Waals surface area contributed by atoms with Gasteiger partial charge in [0.05, 0.1) is 5.69 Å². The predicted molar refractivity (Wildman–Crippen MR) is 48.4 cm³/mol. The second kappa shape index (κ2) is 2.54. The lowest BCUT2D eigenvalue weighted by Crippen LogP contribution is -2.33. The third-order valence-corrected chi connectivity index (χ3v) is 2.30. The molecule has 0 saturated heterocycles. The summed E-state index contributed by atoms with van der Waals surface area (Å²) in [6.07, 6.45) is 0. The van der Waals surface area contributed by atoms with Gasteiger partial charge >= 0.3 is 6.03 Å². The molecule has 5 nitrogen and oxygen atoms in total. The highest BCUT2D eigenvalue weighted by atomic mass is 16.7. The predicted octanol–water partition coefficient (Wildman–Crippen LogP) is 1.05. The topological polar surface area (TPSA) is 59.6 Å². The number of amides is 2. The first-order chi connectivity index (χ1) is 6.84. The fraction of sp³-hybridized carbons (Fsp3) is 0.222. The minimum absolute atomic E-state index is 0.207. The van der Waals surface area contributed by atoms with Gasteiger partial charge in [-0.25, -0.2) is 4.79 Å². The zero-order valence-electron chi connectivity index (χ0n) is 7.29. The summed E-state index contributed by atoms with van der Waals surface area (Å²) in [6.45, 7) is 0.743. The second-order valence-corrected chi connectivity index (χ2v) is 3.14. The van der Waals surface area contributed by atoms with Crippen LogP contribution in [-0.4, -0.2) is 12.8 Å². The summed E-state index contributed by atoms with van der Waals surface area (Å²) >= 11 is 0. The molecule has 2 amide bonds. The first-order valence-corrected chi connectivity index (χ1v) is 4.31. The number of ether oxygens (including phenoxy) is 2. The van der Waals surface area contributed by atoms with Crippen LogP contribution in [0.2, 0.25) is 0 Å². The first kappa shape index (κ1) is 7.49. The van der Waals surface area contributed by atoms with Gasteiger partial charge in [-0.1, -0.05) is 6.07 Å². The average molecular weight is 192 g/mol. The molecule has 3 rings (SSSR count). The number of carbonyl (C=O) groups excluding carboxylic acids is 1. The van der Waals surface area contributed by atoms with Gasteiger partial charge in [0.25, 0.3) is 0 Å². The Morgan fingerprint density at radius 2 is 2.21 bits per heavy atom. The average Bonchev–Trinajstić information content (AvgIpc) is 2.65. The van der Waals surface area contributed by atoms with E-state index in [1.54, 1.807) is 0 Å². The molecule has 2 heterocycles. The van der Waals surface area contributed by atoms with Gasteiger partial charge in [-0.15, -0.1) is 0 Å². The van der Waals surface area contributed by atoms with E-state index in [0.29, 0.717) is 18.0 Å². The maximum absolute atomic E-state index is 11.1. The quantitative estimate of drug-likeness (QED) is 0.645. The van der Waals surface area contributed by atoms with Crippen LogP contribution in [0.15, 0.2) is 12.1 Å². The van der Waals surface area contributed by atoms with Crippen LogP contribution in [0.3, 0.4) is 0 Å². The van der Waals surface area contributed by atoms with Gasteiger partial charge in [0.15, 0.2) is 11.5 Å². The van der Waals surface area contributed by atoms with Crippen LogP contribution in [0, 0.1) is 0 Å². The fourth-order valence-electron chi connectivity index (χ4n) is 1.63. The van der Waals surface area contributed by atoms with Gasteiger partial charge in [0.1, 0.15) is 0 Å². The molecule has 14 heavy (non-hydrogen) atoms. The van der Waals surface area contributed by atoms with Crippen LogP contribution >= 0.6 is 0 Å². The van der Waals surface area contributed by atoms with Crippen LogP contribution in [0.25, 0.3) is 0 Å². The maximum Gasteiger partial charge on any atom is 0.319 e. The lowest BCUT2D eigenvalue weighted by atomic mass is 10.1. The lowest BCUT2D eigenvalue weighted by molar-refractivity contribution is 0.174. The highest BCUT2D eigenvalue weighted by Crippen LogP contribution is 2.42. The Kier molecular flexibility index (Phi) is 1.36. The van der Waals surface area contributed by atoms with E-state index < -0.39 is 0 Å². The number of nitrogens with one attached hydrogen (secondary N) is 2. The van der Waals surface area contributed by atoms with E-state index in [2.05, 4.69) is 10.6 Å². The number of rotatable bonds is 0. The number of benzene rings is 1. The van der Waals surface area contributed by atoms with Crippen molar-refractivity contribution >= 4 is 11.7 Å². The Balaban J connectivity index is 2.16. The van der Waals surface area contributed by atoms with Crippen molar-refractivity contribution in [3.8, 4) is 11.5 Å². The molecule has 5 heteroatoms. The van der Waals surface area contributed by atoms with Gasteiger partial charge in [-0.3, -0.25) is 0 Å². The summed E-state index contributed by atoms with van der Waals surface area (Å²) in [5, 5.41) is 5.39. The number of anilines is 1. The molecule has 2 aliphatic heterocycles. The Labute approximate surface area is 80.0 Å². The van der Waals surface area contributed by atoms with Gasteiger partial charge in [0.2, 0.25) is 6.79 Å². The van der Waals surface area contributed by atoms with Crippen molar-refractivity contribution in [1.29, 1.82) is 0 Å². The second-order valence-electron chi connectivity index (χ2n) is 3.14.